The highest BCUT2D eigenvalue weighted by molar-refractivity contribution is 6.50. The number of benzene rings is 8. The van der Waals surface area contributed by atoms with Crippen LogP contribution >= 0.6 is 0 Å². The Morgan fingerprint density at radius 2 is 0.802 bits per heavy atom. The first-order valence-corrected chi connectivity index (χ1v) is 41.2. The number of nitrogen functional groups attached to an aromatic ring is 6. The molecule has 21 N–H and O–H groups in total. The first-order chi connectivity index (χ1) is 61.2. The topological polar surface area (TPSA) is 422 Å². The molecule has 126 heavy (non-hydrogen) atoms. The number of para-hydroxylation sites is 2. The van der Waals surface area contributed by atoms with Gasteiger partial charge in [0, 0.05) is 67.3 Å². The summed E-state index contributed by atoms with van der Waals surface area (Å²) in [6, 6.07) is 53.1. The number of carbonyl (C=O) groups is 1. The molecular formula is C97H108N25O4+3. The van der Waals surface area contributed by atoms with Crippen LogP contribution < -0.4 is 89.9 Å². The first-order valence-electron chi connectivity index (χ1n) is 41.2. The number of ketones is 1. The zero-order valence-electron chi connectivity index (χ0n) is 71.0. The molecule has 4 aliphatic carbocycles. The molecule has 11 aromatic rings. The number of imidazole rings is 3. The van der Waals surface area contributed by atoms with E-state index in [2.05, 4.69) is 97.8 Å². The normalized spacial score (nSPS) is 13.3. The molecule has 0 aliphatic heterocycles. The number of nitrogens with two attached hydrogens (primary N) is 7. The molecule has 15 rings (SSSR count). The van der Waals surface area contributed by atoms with Gasteiger partial charge in [0.15, 0.2) is 5.78 Å². The maximum atomic E-state index is 11.3. The van der Waals surface area contributed by atoms with E-state index in [4.69, 9.17) is 70.1 Å². The van der Waals surface area contributed by atoms with Crippen LogP contribution in [0.15, 0.2) is 352 Å². The minimum atomic E-state index is -0.0606. The Morgan fingerprint density at radius 3 is 1.22 bits per heavy atom. The van der Waals surface area contributed by atoms with E-state index in [1.165, 1.54) is 12.2 Å². The van der Waals surface area contributed by atoms with Gasteiger partial charge in [-0.25, -0.2) is 47.4 Å². The molecule has 3 aromatic heterocycles. The maximum Gasteiger partial charge on any atom is 0.243 e. The van der Waals surface area contributed by atoms with Crippen molar-refractivity contribution in [2.45, 2.75) is 45.8 Å². The van der Waals surface area contributed by atoms with Crippen molar-refractivity contribution in [3.05, 3.63) is 322 Å². The Kier molecular flexibility index (Phi) is 31.8. The zero-order valence-corrected chi connectivity index (χ0v) is 71.0. The van der Waals surface area contributed by atoms with E-state index in [0.29, 0.717) is 97.7 Å². The van der Waals surface area contributed by atoms with Gasteiger partial charge >= 0.3 is 0 Å². The lowest BCUT2D eigenvalue weighted by atomic mass is 10.0. The third-order valence-electron chi connectivity index (χ3n) is 19.3. The van der Waals surface area contributed by atoms with Crippen LogP contribution in [0.2, 0.25) is 0 Å². The molecule has 0 radical (unpaired) electrons. The van der Waals surface area contributed by atoms with E-state index in [1.54, 1.807) is 66.8 Å². The van der Waals surface area contributed by atoms with Gasteiger partial charge in [0.25, 0.3) is 0 Å². The predicted octanol–water partition coefficient (Wildman–Crippen LogP) is 14.8. The number of aliphatic hydroxyl groups is 1. The number of aliphatic imine (C=N–C) groups is 6. The van der Waals surface area contributed by atoms with E-state index < -0.39 is 0 Å². The Hall–Kier alpha value is -16.2. The Bertz CT molecular complexity index is 6000. The van der Waals surface area contributed by atoms with Gasteiger partial charge < -0.3 is 81.3 Å². The first kappa shape index (κ1) is 89.1. The maximum absolute atomic E-state index is 11.3. The number of ether oxygens (including phenoxy) is 2. The summed E-state index contributed by atoms with van der Waals surface area (Å²) < 4.78 is 23.4. The second kappa shape index (κ2) is 44.9. The van der Waals surface area contributed by atoms with Crippen molar-refractivity contribution in [1.82, 2.24) is 13.7 Å². The van der Waals surface area contributed by atoms with Gasteiger partial charge in [0.05, 0.1) is 179 Å². The van der Waals surface area contributed by atoms with E-state index in [0.717, 1.165) is 127 Å². The Labute approximate surface area is 733 Å². The molecule has 3 heterocycles. The third-order valence-corrected chi connectivity index (χ3v) is 19.3. The number of nitrogens with zero attached hydrogens (tertiary/aromatic N) is 12. The Balaban J connectivity index is 0.000000154. The summed E-state index contributed by atoms with van der Waals surface area (Å²) in [6.07, 6.45) is 46.8. The van der Waals surface area contributed by atoms with Crippen LogP contribution in [-0.4, -0.2) is 104 Å². The fourth-order valence-electron chi connectivity index (χ4n) is 12.9. The summed E-state index contributed by atoms with van der Waals surface area (Å²) in [5, 5.41) is 33.6. The van der Waals surface area contributed by atoms with Crippen LogP contribution in [0.25, 0.3) is 0 Å². The third kappa shape index (κ3) is 27.7. The number of allylic oxidation sites excluding steroid dienone is 14. The highest BCUT2D eigenvalue weighted by Crippen LogP contribution is 2.38. The van der Waals surface area contributed by atoms with Crippen molar-refractivity contribution < 1.29 is 33.1 Å². The van der Waals surface area contributed by atoms with Crippen molar-refractivity contribution in [3.8, 4) is 11.5 Å². The number of aryl methyl sites for hydroxylation is 6. The number of hydrogen-bond acceptors (Lipinski definition) is 23. The summed E-state index contributed by atoms with van der Waals surface area (Å²) in [5.41, 5.74) is 61.9. The van der Waals surface area contributed by atoms with Crippen LogP contribution in [0.1, 0.15) is 26.2 Å². The van der Waals surface area contributed by atoms with E-state index in [1.807, 2.05) is 236 Å². The number of carbonyl (C=O) groups excluding carboxylic acids is 1. The average Bonchev–Trinajstić information content (AvgIpc) is 0.873. The van der Waals surface area contributed by atoms with Gasteiger partial charge in [-0.05, 0) is 225 Å². The molecule has 29 heteroatoms. The molecule has 0 spiro atoms. The summed E-state index contributed by atoms with van der Waals surface area (Å²) in [6.45, 7) is 8.11. The highest BCUT2D eigenvalue weighted by atomic mass is 16.5. The number of hydrogen-bond donors (Lipinski definition) is 14. The summed E-state index contributed by atoms with van der Waals surface area (Å²) >= 11 is 0. The van der Waals surface area contributed by atoms with Crippen LogP contribution in [0.4, 0.5) is 102 Å². The molecule has 0 unspecified atom stereocenters. The van der Waals surface area contributed by atoms with Crippen molar-refractivity contribution in [2.75, 3.05) is 100 Å². The number of aliphatic hydroxyl groups excluding tert-OH is 1. The van der Waals surface area contributed by atoms with Gasteiger partial charge in [-0.2, -0.15) is 0 Å². The smallest absolute Gasteiger partial charge is 0.243 e. The van der Waals surface area contributed by atoms with Crippen LogP contribution in [0.5, 0.6) is 11.5 Å². The lowest BCUT2D eigenvalue weighted by Crippen LogP contribution is -2.23. The second-order valence-corrected chi connectivity index (χ2v) is 29.5. The van der Waals surface area contributed by atoms with Crippen LogP contribution in [0, 0.1) is 5.41 Å². The molecular weight excluding hydrogens is 1580 g/mol. The predicted molar refractivity (Wildman–Crippen MR) is 515 cm³/mol. The molecule has 0 amide bonds. The van der Waals surface area contributed by atoms with Gasteiger partial charge in [0.1, 0.15) is 55.3 Å². The minimum Gasteiger partial charge on any atom is -0.494 e. The number of aromatic nitrogens is 6. The fourth-order valence-corrected chi connectivity index (χ4v) is 12.9. The average molecular weight is 1690 g/mol. The number of rotatable bonds is 30. The van der Waals surface area contributed by atoms with E-state index in [9.17, 15) is 4.79 Å². The van der Waals surface area contributed by atoms with Crippen molar-refractivity contribution >= 4 is 148 Å². The summed E-state index contributed by atoms with van der Waals surface area (Å²) in [7, 11) is 6.06. The second-order valence-electron chi connectivity index (χ2n) is 29.5. The van der Waals surface area contributed by atoms with Crippen LogP contribution in [0.3, 0.4) is 0 Å². The van der Waals surface area contributed by atoms with Gasteiger partial charge in [-0.3, -0.25) is 20.2 Å². The van der Waals surface area contributed by atoms with E-state index >= 15 is 0 Å². The molecule has 0 atom stereocenters. The standard InChI is InChI=1S/C27H32N7O.C25H27N7O.C25H28N7.C20H20N4O2/c1-3-35-23-11-9-22(10-12-23)32-27-18-26(24(28)17-25(27)29)31-21-7-5-20(6-8-21)30-13-4-14-34-16-15-33(2)19-34;1-31-13-14-32(17-31)12-2-11-28-18-3-5-19(6-4-18)29-24-16-25(23(27)15-22(24)26)30-20-7-9-21(33)10-8-20;1-31-14-15-32(18-31)13-5-12-28-19-8-10-21(11-9-19)30-25-17-24(22(26)16-23(25)27)29-20-6-3-2-4-7-20;21-17-12-18(22)20(13-19(17)23-14-4-2-1-3-5-14)24-15-6-8-16(9-7-15)26-11-10-25/h5-12,15-19,32H,3-4,13-14,28-29H2,1-2H3;3-10,13-17H,2,11-12H2,1H3,(H5-,26,27,28,29,30,33);2-4,6-11,14-18,29H,5,12-13,26-27H2,1H3;1-9,12-13,22-23,25H,10-11,21H2/q+1;;+1;/p+1. The lowest BCUT2D eigenvalue weighted by Gasteiger charge is -2.16. The molecule has 4 aliphatic rings. The SMILES string of the molecule is CCOc1ccc(Nc2cc(N=C3C=CC(=NCCCn4cc[n+](C)c4)C=C3)c(N)cc2N)cc1.C[n+]1ccn(CCCN=C2C=CC(=Nc3cc(Nc4ccccc4)c(N)cc3N)C=C2)c1.C[n+]1ccn(CCCNc2ccc(Nc3cc(N=C4C=CC(=O)C=C4)c(N)cc3N)cc2)c1.N=C1C=C(N)C(Nc2ccccc2)=CC1=Nc1ccc(OCCO)cc1. The largest absolute Gasteiger partial charge is 0.494 e. The van der Waals surface area contributed by atoms with Gasteiger partial charge in [-0.15, -0.1) is 0 Å². The van der Waals surface area contributed by atoms with Gasteiger partial charge in [-0.1, -0.05) is 36.4 Å². The molecule has 642 valence electrons. The fraction of sp³-hybridized carbons (Fsp3) is 0.165. The summed E-state index contributed by atoms with van der Waals surface area (Å²) in [5.74, 6) is 1.42. The monoisotopic (exact) mass is 1690 g/mol. The molecule has 0 fully saturated rings. The zero-order chi connectivity index (χ0) is 88.5. The van der Waals surface area contributed by atoms with E-state index in [-0.39, 0.29) is 24.7 Å². The minimum absolute atomic E-state index is 0.0308. The molecule has 29 nitrogen and oxygen atoms in total. The molecule has 8 aromatic carbocycles. The molecule has 0 saturated carbocycles. The van der Waals surface area contributed by atoms with Crippen molar-refractivity contribution in [3.63, 3.8) is 0 Å². The number of anilines is 14. The Morgan fingerprint density at radius 1 is 0.421 bits per heavy atom. The summed E-state index contributed by atoms with van der Waals surface area (Å²) in [4.78, 5) is 39.1. The van der Waals surface area contributed by atoms with Gasteiger partial charge in [0.2, 0.25) is 19.0 Å². The number of nitrogens with one attached hydrogen (secondary N) is 6. The molecule has 0 saturated heterocycles. The van der Waals surface area contributed by atoms with Crippen molar-refractivity contribution in [2.24, 2.45) is 56.8 Å². The molecule has 0 bridgehead atoms. The highest BCUT2D eigenvalue weighted by Gasteiger charge is 2.17. The van der Waals surface area contributed by atoms with Crippen molar-refractivity contribution in [1.29, 1.82) is 5.41 Å². The quantitative estimate of drug-likeness (QED) is 0.00654. The van der Waals surface area contributed by atoms with Crippen LogP contribution in [-0.2, 0) is 45.6 Å². The lowest BCUT2D eigenvalue weighted by molar-refractivity contribution is -0.671.